The van der Waals surface area contributed by atoms with Gasteiger partial charge < -0.3 is 4.42 Å². The Bertz CT molecular complexity index is 2800. The predicted molar refractivity (Wildman–Crippen MR) is 217 cm³/mol. The van der Waals surface area contributed by atoms with E-state index in [1.165, 1.54) is 0 Å². The molecule has 248 valence electrons. The van der Waals surface area contributed by atoms with Gasteiger partial charge in [0.05, 0.1) is 0 Å². The first-order valence-corrected chi connectivity index (χ1v) is 17.8. The third-order valence-corrected chi connectivity index (χ3v) is 9.97. The zero-order valence-electron chi connectivity index (χ0n) is 28.6. The Kier molecular flexibility index (Phi) is 7.43. The van der Waals surface area contributed by atoms with Crippen LogP contribution in [0.2, 0.25) is 0 Å². The first kappa shape index (κ1) is 30.6. The highest BCUT2D eigenvalue weighted by Gasteiger charge is 2.21. The Morgan fingerprint density at radius 2 is 0.755 bits per heavy atom. The SMILES string of the molecule is c1ccc(-c2ccc(-c3nc(-c4ccc(-c5ccccc5)cc4)nc(-c4cc5c(-c6ccccc6)cccc5c5oc6ccccc6c45)n3)cc2)cc1. The molecule has 0 atom stereocenters. The highest BCUT2D eigenvalue weighted by molar-refractivity contribution is 6.22. The smallest absolute Gasteiger partial charge is 0.164 e. The average molecular weight is 678 g/mol. The van der Waals surface area contributed by atoms with E-state index in [0.717, 1.165) is 82.8 Å². The zero-order chi connectivity index (χ0) is 35.1. The standard InChI is InChI=1S/C49H31N3O/c1-4-13-32(14-5-1)34-23-27-37(28-24-34)47-50-48(38-29-25-35(26-30-38)33-15-6-2-7-16-33)52-49(51-47)43-31-42-39(36-17-8-3-9-18-36)20-12-21-40(42)46-45(43)41-19-10-11-22-44(41)53-46/h1-31H. The number of hydrogen-bond acceptors (Lipinski definition) is 4. The second-order valence-electron chi connectivity index (χ2n) is 13.2. The Hall–Kier alpha value is -7.17. The minimum atomic E-state index is 0.589. The van der Waals surface area contributed by atoms with Crippen molar-refractivity contribution in [3.63, 3.8) is 0 Å². The van der Waals surface area contributed by atoms with E-state index in [1.54, 1.807) is 0 Å². The van der Waals surface area contributed by atoms with Gasteiger partial charge in [-0.1, -0.05) is 176 Å². The normalized spacial score (nSPS) is 11.4. The third kappa shape index (κ3) is 5.54. The average Bonchev–Trinajstić information content (AvgIpc) is 3.64. The molecule has 0 radical (unpaired) electrons. The van der Waals surface area contributed by atoms with Gasteiger partial charge >= 0.3 is 0 Å². The maximum absolute atomic E-state index is 6.69. The Morgan fingerprint density at radius 1 is 0.302 bits per heavy atom. The molecular formula is C49H31N3O. The van der Waals surface area contributed by atoms with Gasteiger partial charge in [0.2, 0.25) is 0 Å². The van der Waals surface area contributed by atoms with E-state index >= 15 is 0 Å². The molecule has 0 fully saturated rings. The number of furan rings is 1. The van der Waals surface area contributed by atoms with Crippen molar-refractivity contribution >= 4 is 32.7 Å². The van der Waals surface area contributed by atoms with Crippen LogP contribution in [0.5, 0.6) is 0 Å². The molecule has 0 aliphatic rings. The molecule has 10 aromatic rings. The Balaban J connectivity index is 1.22. The summed E-state index contributed by atoms with van der Waals surface area (Å²) in [5.74, 6) is 1.80. The van der Waals surface area contributed by atoms with Gasteiger partial charge in [-0.25, -0.2) is 15.0 Å². The molecular weight excluding hydrogens is 647 g/mol. The molecule has 0 aliphatic carbocycles. The number of nitrogens with zero attached hydrogens (tertiary/aromatic N) is 3. The van der Waals surface area contributed by atoms with Crippen LogP contribution in [0.1, 0.15) is 0 Å². The Labute approximate surface area is 306 Å². The lowest BCUT2D eigenvalue weighted by atomic mass is 9.93. The number of aromatic nitrogens is 3. The summed E-state index contributed by atoms with van der Waals surface area (Å²) in [7, 11) is 0. The first-order valence-electron chi connectivity index (χ1n) is 17.8. The molecule has 0 spiro atoms. The summed E-state index contributed by atoms with van der Waals surface area (Å²) in [5, 5.41) is 4.12. The van der Waals surface area contributed by atoms with Crippen molar-refractivity contribution in [2.75, 3.05) is 0 Å². The lowest BCUT2D eigenvalue weighted by Crippen LogP contribution is -2.01. The number of fused-ring (bicyclic) bond motifs is 5. The van der Waals surface area contributed by atoms with Crippen molar-refractivity contribution in [3.8, 4) is 67.5 Å². The van der Waals surface area contributed by atoms with Gasteiger partial charge in [-0.2, -0.15) is 0 Å². The van der Waals surface area contributed by atoms with Gasteiger partial charge in [0.15, 0.2) is 17.5 Å². The molecule has 2 heterocycles. The summed E-state index contributed by atoms with van der Waals surface area (Å²) in [6.45, 7) is 0. The molecule has 0 amide bonds. The van der Waals surface area contributed by atoms with Gasteiger partial charge in [0, 0.05) is 32.8 Å². The van der Waals surface area contributed by atoms with Crippen LogP contribution >= 0.6 is 0 Å². The van der Waals surface area contributed by atoms with Crippen LogP contribution in [0.15, 0.2) is 192 Å². The molecule has 53 heavy (non-hydrogen) atoms. The molecule has 0 bridgehead atoms. The second-order valence-corrected chi connectivity index (χ2v) is 13.2. The molecule has 0 saturated carbocycles. The van der Waals surface area contributed by atoms with Gasteiger partial charge in [0.25, 0.3) is 0 Å². The van der Waals surface area contributed by atoms with Gasteiger partial charge in [-0.3, -0.25) is 0 Å². The van der Waals surface area contributed by atoms with Gasteiger partial charge in [0.1, 0.15) is 11.2 Å². The summed E-state index contributed by atoms with van der Waals surface area (Å²) in [6.07, 6.45) is 0. The van der Waals surface area contributed by atoms with Gasteiger partial charge in [-0.15, -0.1) is 0 Å². The summed E-state index contributed by atoms with van der Waals surface area (Å²) >= 11 is 0. The van der Waals surface area contributed by atoms with Gasteiger partial charge in [-0.05, 0) is 50.9 Å². The molecule has 0 N–H and O–H groups in total. The summed E-state index contributed by atoms with van der Waals surface area (Å²) in [6, 6.07) is 65.1. The van der Waals surface area contributed by atoms with Crippen molar-refractivity contribution in [1.82, 2.24) is 15.0 Å². The Morgan fingerprint density at radius 3 is 1.34 bits per heavy atom. The number of benzene rings is 8. The highest BCUT2D eigenvalue weighted by Crippen LogP contribution is 2.43. The minimum Gasteiger partial charge on any atom is -0.455 e. The van der Waals surface area contributed by atoms with E-state index < -0.39 is 0 Å². The summed E-state index contributed by atoms with van der Waals surface area (Å²) in [4.78, 5) is 15.6. The van der Waals surface area contributed by atoms with Crippen LogP contribution in [0.3, 0.4) is 0 Å². The summed E-state index contributed by atoms with van der Waals surface area (Å²) < 4.78 is 6.69. The minimum absolute atomic E-state index is 0.589. The lowest BCUT2D eigenvalue weighted by molar-refractivity contribution is 0.672. The van der Waals surface area contributed by atoms with Crippen LogP contribution < -0.4 is 0 Å². The zero-order valence-corrected chi connectivity index (χ0v) is 28.6. The lowest BCUT2D eigenvalue weighted by Gasteiger charge is -2.13. The number of para-hydroxylation sites is 1. The van der Waals surface area contributed by atoms with Crippen molar-refractivity contribution in [1.29, 1.82) is 0 Å². The van der Waals surface area contributed by atoms with Crippen molar-refractivity contribution in [2.24, 2.45) is 0 Å². The van der Waals surface area contributed by atoms with E-state index in [2.05, 4.69) is 158 Å². The van der Waals surface area contributed by atoms with Crippen LogP contribution in [0.25, 0.3) is 100 Å². The number of hydrogen-bond donors (Lipinski definition) is 0. The number of rotatable bonds is 6. The van der Waals surface area contributed by atoms with Crippen molar-refractivity contribution < 1.29 is 4.42 Å². The quantitative estimate of drug-likeness (QED) is 0.176. The van der Waals surface area contributed by atoms with E-state index in [-0.39, 0.29) is 0 Å². The molecule has 0 unspecified atom stereocenters. The van der Waals surface area contributed by atoms with E-state index in [0.29, 0.717) is 17.5 Å². The van der Waals surface area contributed by atoms with Crippen LogP contribution in [-0.2, 0) is 0 Å². The first-order chi connectivity index (χ1) is 26.3. The van der Waals surface area contributed by atoms with E-state index in [9.17, 15) is 0 Å². The maximum Gasteiger partial charge on any atom is 0.164 e. The molecule has 4 heteroatoms. The fourth-order valence-corrected chi connectivity index (χ4v) is 7.32. The van der Waals surface area contributed by atoms with Crippen LogP contribution in [-0.4, -0.2) is 15.0 Å². The molecule has 0 saturated heterocycles. The molecule has 4 nitrogen and oxygen atoms in total. The van der Waals surface area contributed by atoms with Crippen molar-refractivity contribution in [2.45, 2.75) is 0 Å². The summed E-state index contributed by atoms with van der Waals surface area (Å²) in [5.41, 5.74) is 11.2. The molecule has 0 aliphatic heterocycles. The molecule has 2 aromatic heterocycles. The van der Waals surface area contributed by atoms with Crippen LogP contribution in [0, 0.1) is 0 Å². The molecule has 8 aromatic carbocycles. The third-order valence-electron chi connectivity index (χ3n) is 9.97. The fourth-order valence-electron chi connectivity index (χ4n) is 7.32. The predicted octanol–water partition coefficient (Wildman–Crippen LogP) is 12.9. The maximum atomic E-state index is 6.69. The fraction of sp³-hybridized carbons (Fsp3) is 0. The highest BCUT2D eigenvalue weighted by atomic mass is 16.3. The van der Waals surface area contributed by atoms with Crippen molar-refractivity contribution in [3.05, 3.63) is 188 Å². The molecule has 10 rings (SSSR count). The van der Waals surface area contributed by atoms with Crippen LogP contribution in [0.4, 0.5) is 0 Å². The topological polar surface area (TPSA) is 51.8 Å². The largest absolute Gasteiger partial charge is 0.455 e. The van der Waals surface area contributed by atoms with E-state index in [4.69, 9.17) is 19.4 Å². The monoisotopic (exact) mass is 677 g/mol. The van der Waals surface area contributed by atoms with E-state index in [1.807, 2.05) is 30.3 Å². The second kappa shape index (κ2) is 12.9.